The summed E-state index contributed by atoms with van der Waals surface area (Å²) in [5, 5.41) is 3.31. The molecule has 2 heterocycles. The molecule has 0 unspecified atom stereocenters. The highest BCUT2D eigenvalue weighted by Gasteiger charge is 2.43. The predicted molar refractivity (Wildman–Crippen MR) is 106 cm³/mol. The van der Waals surface area contributed by atoms with E-state index in [0.717, 1.165) is 5.56 Å². The van der Waals surface area contributed by atoms with Gasteiger partial charge in [-0.15, -0.1) is 0 Å². The molecule has 2 aromatic carbocycles. The van der Waals surface area contributed by atoms with Crippen molar-refractivity contribution in [2.24, 2.45) is 0 Å². The molecule has 0 atom stereocenters. The van der Waals surface area contributed by atoms with Gasteiger partial charge in [0.2, 0.25) is 15.9 Å². The number of benzene rings is 2. The number of carbonyl (C=O) groups is 1. The van der Waals surface area contributed by atoms with Crippen molar-refractivity contribution in [3.05, 3.63) is 53.8 Å². The second kappa shape index (κ2) is 7.31. The van der Waals surface area contributed by atoms with Crippen molar-refractivity contribution in [3.63, 3.8) is 0 Å². The minimum absolute atomic E-state index is 0.0628. The molecule has 2 aromatic rings. The van der Waals surface area contributed by atoms with Crippen LogP contribution in [0, 0.1) is 5.82 Å². The molecule has 0 radical (unpaired) electrons. The molecular weight excluding hydrogens is 397 g/mol. The number of amides is 1. The van der Waals surface area contributed by atoms with Crippen LogP contribution in [0.2, 0.25) is 0 Å². The lowest BCUT2D eigenvalue weighted by molar-refractivity contribution is -0.131. The van der Waals surface area contributed by atoms with Crippen LogP contribution in [0.5, 0.6) is 5.75 Å². The fourth-order valence-corrected chi connectivity index (χ4v) is 5.34. The van der Waals surface area contributed by atoms with Crippen LogP contribution in [-0.2, 0) is 21.2 Å². The average Bonchev–Trinajstić information content (AvgIpc) is 2.69. The number of nitrogens with one attached hydrogen (secondary N) is 2. The maximum absolute atomic E-state index is 13.0. The monoisotopic (exact) mass is 419 g/mol. The molecule has 0 saturated carbocycles. The molecule has 0 aliphatic carbocycles. The first-order valence-corrected chi connectivity index (χ1v) is 10.8. The highest BCUT2D eigenvalue weighted by Crippen LogP contribution is 2.36. The zero-order valence-electron chi connectivity index (χ0n) is 15.9. The summed E-state index contributed by atoms with van der Waals surface area (Å²) < 4.78 is 46.4. The van der Waals surface area contributed by atoms with Crippen LogP contribution >= 0.6 is 0 Å². The summed E-state index contributed by atoms with van der Waals surface area (Å²) in [5.74, 6) is 0.163. The van der Waals surface area contributed by atoms with Crippen molar-refractivity contribution in [3.8, 4) is 5.75 Å². The highest BCUT2D eigenvalue weighted by molar-refractivity contribution is 7.89. The Morgan fingerprint density at radius 1 is 1.17 bits per heavy atom. The zero-order chi connectivity index (χ0) is 20.6. The van der Waals surface area contributed by atoms with E-state index in [9.17, 15) is 17.6 Å². The summed E-state index contributed by atoms with van der Waals surface area (Å²) in [6.07, 6.45) is 1.04. The molecule has 1 spiro atoms. The highest BCUT2D eigenvalue weighted by atomic mass is 32.2. The van der Waals surface area contributed by atoms with Gasteiger partial charge >= 0.3 is 0 Å². The first-order chi connectivity index (χ1) is 13.8. The van der Waals surface area contributed by atoms with Crippen molar-refractivity contribution in [2.75, 3.05) is 25.5 Å². The number of methoxy groups -OCH3 is 1. The number of anilines is 1. The Hall–Kier alpha value is -2.65. The van der Waals surface area contributed by atoms with E-state index < -0.39 is 15.7 Å². The fraction of sp³-hybridized carbons (Fsp3) is 0.350. The molecule has 2 aliphatic heterocycles. The Bertz CT molecular complexity index is 1030. The summed E-state index contributed by atoms with van der Waals surface area (Å²) in [6.45, 7) is 0.823. The van der Waals surface area contributed by atoms with E-state index in [1.807, 2.05) is 0 Å². The van der Waals surface area contributed by atoms with Crippen molar-refractivity contribution >= 4 is 21.6 Å². The first kappa shape index (κ1) is 19.7. The van der Waals surface area contributed by atoms with E-state index in [0.29, 0.717) is 37.4 Å². The van der Waals surface area contributed by atoms with Gasteiger partial charge in [0.1, 0.15) is 22.1 Å². The topological polar surface area (TPSA) is 87.7 Å². The summed E-state index contributed by atoms with van der Waals surface area (Å²) in [5.41, 5.74) is 0.397. The van der Waals surface area contributed by atoms with E-state index >= 15 is 0 Å². The van der Waals surface area contributed by atoms with Gasteiger partial charge in [0.25, 0.3) is 0 Å². The third-order valence-corrected chi connectivity index (χ3v) is 7.01. The lowest BCUT2D eigenvalue weighted by atomic mass is 9.96. The van der Waals surface area contributed by atoms with Gasteiger partial charge in [-0.2, -0.15) is 4.72 Å². The number of hydrogen-bond acceptors (Lipinski definition) is 5. The average molecular weight is 419 g/mol. The van der Waals surface area contributed by atoms with E-state index in [1.165, 1.54) is 25.3 Å². The maximum Gasteiger partial charge on any atom is 0.244 e. The normalized spacial score (nSPS) is 19.3. The first-order valence-electron chi connectivity index (χ1n) is 9.33. The Balaban J connectivity index is 1.47. The van der Waals surface area contributed by atoms with Gasteiger partial charge in [-0.05, 0) is 29.8 Å². The molecule has 29 heavy (non-hydrogen) atoms. The molecule has 0 aromatic heterocycles. The van der Waals surface area contributed by atoms with Crippen molar-refractivity contribution in [1.82, 2.24) is 9.62 Å². The third kappa shape index (κ3) is 3.92. The summed E-state index contributed by atoms with van der Waals surface area (Å²) in [6, 6.07) is 10.6. The minimum Gasteiger partial charge on any atom is -0.497 e. The fourth-order valence-electron chi connectivity index (χ4n) is 3.82. The summed E-state index contributed by atoms with van der Waals surface area (Å²) in [7, 11) is -2.15. The number of piperidine rings is 1. The largest absolute Gasteiger partial charge is 0.497 e. The van der Waals surface area contributed by atoms with Gasteiger partial charge < -0.3 is 15.0 Å². The van der Waals surface area contributed by atoms with Gasteiger partial charge in [-0.25, -0.2) is 12.8 Å². The Labute approximate surface area is 168 Å². The van der Waals surface area contributed by atoms with Crippen LogP contribution in [0.15, 0.2) is 47.4 Å². The Kier molecular flexibility index (Phi) is 4.95. The number of carbonyl (C=O) groups excluding carboxylic acids is 1. The number of ether oxygens (including phenoxy) is 1. The molecule has 7 nitrogen and oxygen atoms in total. The number of fused-ring (bicyclic) bond motifs is 1. The second-order valence-corrected chi connectivity index (χ2v) is 9.01. The number of sulfonamides is 1. The molecule has 1 saturated heterocycles. The van der Waals surface area contributed by atoms with Gasteiger partial charge in [0.05, 0.1) is 19.2 Å². The maximum atomic E-state index is 13.0. The Morgan fingerprint density at radius 3 is 2.52 bits per heavy atom. The molecule has 2 N–H and O–H groups in total. The Morgan fingerprint density at radius 2 is 1.86 bits per heavy atom. The molecule has 4 rings (SSSR count). The molecule has 154 valence electrons. The predicted octanol–water partition coefficient (Wildman–Crippen LogP) is 2.10. The van der Waals surface area contributed by atoms with Crippen LogP contribution in [-0.4, -0.2) is 45.1 Å². The van der Waals surface area contributed by atoms with Gasteiger partial charge in [0.15, 0.2) is 0 Å². The van der Waals surface area contributed by atoms with E-state index in [2.05, 4.69) is 10.0 Å². The third-order valence-electron chi connectivity index (χ3n) is 5.42. The minimum atomic E-state index is -3.67. The molecule has 2 aliphatic rings. The zero-order valence-corrected chi connectivity index (χ0v) is 16.8. The number of halogens is 1. The van der Waals surface area contributed by atoms with Crippen LogP contribution in [0.4, 0.5) is 10.1 Å². The van der Waals surface area contributed by atoms with E-state index in [4.69, 9.17) is 4.74 Å². The molecular formula is C20H22FN3O4S. The standard InChI is InChI=1S/C20H22FN3O4S/c1-28-16-6-7-18-17(13-16)22-20(23-29(18,26)27)8-10-24(11-9-20)19(25)12-14-2-4-15(21)5-3-14/h2-7,13,22-23H,8-12H2,1H3. The summed E-state index contributed by atoms with van der Waals surface area (Å²) in [4.78, 5) is 14.5. The van der Waals surface area contributed by atoms with E-state index in [1.54, 1.807) is 29.2 Å². The number of nitrogens with zero attached hydrogens (tertiary/aromatic N) is 1. The molecule has 1 fully saturated rings. The van der Waals surface area contributed by atoms with Crippen molar-refractivity contribution < 1.29 is 22.3 Å². The number of rotatable bonds is 3. The smallest absolute Gasteiger partial charge is 0.244 e. The van der Waals surface area contributed by atoms with Crippen LogP contribution in [0.1, 0.15) is 18.4 Å². The lowest BCUT2D eigenvalue weighted by Gasteiger charge is -2.45. The molecule has 0 bridgehead atoms. The van der Waals surface area contributed by atoms with Crippen molar-refractivity contribution in [1.29, 1.82) is 0 Å². The van der Waals surface area contributed by atoms with Gasteiger partial charge in [-0.1, -0.05) is 12.1 Å². The lowest BCUT2D eigenvalue weighted by Crippen LogP contribution is -2.62. The summed E-state index contributed by atoms with van der Waals surface area (Å²) >= 11 is 0. The molecule has 9 heteroatoms. The quantitative estimate of drug-likeness (QED) is 0.796. The second-order valence-electron chi connectivity index (χ2n) is 7.36. The number of likely N-dealkylation sites (tertiary alicyclic amines) is 1. The number of hydrogen-bond donors (Lipinski definition) is 2. The van der Waals surface area contributed by atoms with Crippen LogP contribution in [0.3, 0.4) is 0 Å². The van der Waals surface area contributed by atoms with Gasteiger partial charge in [0, 0.05) is 32.0 Å². The SMILES string of the molecule is COc1ccc2c(c1)NC1(CCN(C(=O)Cc3ccc(F)cc3)CC1)NS2(=O)=O. The molecule has 1 amide bonds. The van der Waals surface area contributed by atoms with Crippen molar-refractivity contribution in [2.45, 2.75) is 29.8 Å². The van der Waals surface area contributed by atoms with Gasteiger partial charge in [-0.3, -0.25) is 4.79 Å². The van der Waals surface area contributed by atoms with Crippen LogP contribution < -0.4 is 14.8 Å². The van der Waals surface area contributed by atoms with E-state index in [-0.39, 0.29) is 23.0 Å². The van der Waals surface area contributed by atoms with Crippen LogP contribution in [0.25, 0.3) is 0 Å².